The molecule has 0 saturated heterocycles. The van der Waals surface area contributed by atoms with E-state index < -0.39 is 0 Å². The molecule has 0 aromatic rings. The predicted molar refractivity (Wildman–Crippen MR) is 81.0 cm³/mol. The van der Waals surface area contributed by atoms with Gasteiger partial charge in [0.25, 0.3) is 0 Å². The predicted octanol–water partition coefficient (Wildman–Crippen LogP) is 3.44. The number of rotatable bonds is 10. The van der Waals surface area contributed by atoms with Crippen LogP contribution in [0.25, 0.3) is 0 Å². The van der Waals surface area contributed by atoms with Gasteiger partial charge in [0.2, 0.25) is 0 Å². The van der Waals surface area contributed by atoms with Crippen LogP contribution < -0.4 is 5.32 Å². The van der Waals surface area contributed by atoms with E-state index in [4.69, 9.17) is 0 Å². The zero-order valence-electron chi connectivity index (χ0n) is 12.5. The van der Waals surface area contributed by atoms with Crippen LogP contribution in [-0.4, -0.2) is 38.6 Å². The maximum absolute atomic E-state index is 3.62. The van der Waals surface area contributed by atoms with Crippen LogP contribution in [0.5, 0.6) is 0 Å². The van der Waals surface area contributed by atoms with E-state index >= 15 is 0 Å². The molecule has 1 aliphatic carbocycles. The van der Waals surface area contributed by atoms with Gasteiger partial charge in [-0.1, -0.05) is 31.4 Å². The Morgan fingerprint density at radius 3 is 2.56 bits per heavy atom. The second-order valence-corrected chi connectivity index (χ2v) is 5.93. The van der Waals surface area contributed by atoms with Crippen molar-refractivity contribution in [1.82, 2.24) is 10.2 Å². The fraction of sp³-hybridized carbons (Fsp3) is 0.875. The number of nitrogens with zero attached hydrogens (tertiary/aromatic N) is 1. The lowest BCUT2D eigenvalue weighted by molar-refractivity contribution is 0.388. The lowest BCUT2D eigenvalue weighted by atomic mass is 9.94. The number of unbranched alkanes of at least 4 members (excludes halogenated alkanes) is 4. The standard InChI is InChI=1S/C16H32N2/c1-18(2)14-10-5-3-4-9-13-17-15-16-11-7-6-8-12-16/h6-7,16-17H,3-5,8-15H2,1-2H3. The van der Waals surface area contributed by atoms with Crippen molar-refractivity contribution in [3.63, 3.8) is 0 Å². The Balaban J connectivity index is 1.77. The number of hydrogen-bond acceptors (Lipinski definition) is 2. The van der Waals surface area contributed by atoms with Gasteiger partial charge < -0.3 is 10.2 Å². The quantitative estimate of drug-likeness (QED) is 0.473. The Hall–Kier alpha value is -0.340. The largest absolute Gasteiger partial charge is 0.316 e. The zero-order valence-corrected chi connectivity index (χ0v) is 12.5. The number of hydrogen-bond donors (Lipinski definition) is 1. The SMILES string of the molecule is CN(C)CCCCCCCNCC1CC=CCC1. The summed E-state index contributed by atoms with van der Waals surface area (Å²) in [4.78, 5) is 2.28. The third-order valence-corrected chi connectivity index (χ3v) is 3.77. The third kappa shape index (κ3) is 8.71. The Morgan fingerprint density at radius 2 is 1.83 bits per heavy atom. The van der Waals surface area contributed by atoms with Crippen molar-refractivity contribution in [1.29, 1.82) is 0 Å². The van der Waals surface area contributed by atoms with E-state index in [1.54, 1.807) is 0 Å². The molecule has 106 valence electrons. The molecule has 0 spiro atoms. The summed E-state index contributed by atoms with van der Waals surface area (Å²) in [6.07, 6.45) is 15.5. The molecule has 2 nitrogen and oxygen atoms in total. The van der Waals surface area contributed by atoms with Gasteiger partial charge in [-0.3, -0.25) is 0 Å². The van der Waals surface area contributed by atoms with E-state index in [2.05, 4.69) is 36.5 Å². The van der Waals surface area contributed by atoms with Gasteiger partial charge in [-0.15, -0.1) is 0 Å². The Bertz CT molecular complexity index is 211. The smallest absolute Gasteiger partial charge is 0.00174 e. The van der Waals surface area contributed by atoms with E-state index in [1.165, 1.54) is 71.0 Å². The van der Waals surface area contributed by atoms with Gasteiger partial charge in [-0.25, -0.2) is 0 Å². The highest BCUT2D eigenvalue weighted by Gasteiger charge is 2.08. The normalized spacial score (nSPS) is 19.6. The average molecular weight is 252 g/mol. The Morgan fingerprint density at radius 1 is 1.06 bits per heavy atom. The zero-order chi connectivity index (χ0) is 13.1. The molecule has 2 heteroatoms. The minimum atomic E-state index is 0.898. The van der Waals surface area contributed by atoms with Crippen LogP contribution >= 0.6 is 0 Å². The van der Waals surface area contributed by atoms with Gasteiger partial charge in [-0.05, 0) is 71.8 Å². The molecule has 0 aromatic carbocycles. The summed E-state index contributed by atoms with van der Waals surface area (Å²) in [5.41, 5.74) is 0. The topological polar surface area (TPSA) is 15.3 Å². The fourth-order valence-corrected chi connectivity index (χ4v) is 2.56. The molecule has 1 rings (SSSR count). The first kappa shape index (κ1) is 15.7. The summed E-state index contributed by atoms with van der Waals surface area (Å²) < 4.78 is 0. The molecule has 18 heavy (non-hydrogen) atoms. The molecule has 0 heterocycles. The molecular weight excluding hydrogens is 220 g/mol. The molecule has 0 radical (unpaired) electrons. The summed E-state index contributed by atoms with van der Waals surface area (Å²) in [5.74, 6) is 0.898. The van der Waals surface area contributed by atoms with Crippen LogP contribution in [-0.2, 0) is 0 Å². The molecular formula is C16H32N2. The Labute approximate surface area is 114 Å². The average Bonchev–Trinajstić information content (AvgIpc) is 2.37. The van der Waals surface area contributed by atoms with E-state index in [0.29, 0.717) is 0 Å². The highest BCUT2D eigenvalue weighted by atomic mass is 15.0. The summed E-state index contributed by atoms with van der Waals surface area (Å²) in [6, 6.07) is 0. The lowest BCUT2D eigenvalue weighted by Crippen LogP contribution is -2.24. The van der Waals surface area contributed by atoms with E-state index in [0.717, 1.165) is 5.92 Å². The number of nitrogens with one attached hydrogen (secondary N) is 1. The highest BCUT2D eigenvalue weighted by molar-refractivity contribution is 4.90. The molecule has 0 saturated carbocycles. The van der Waals surface area contributed by atoms with Crippen LogP contribution in [0.1, 0.15) is 51.4 Å². The fourth-order valence-electron chi connectivity index (χ4n) is 2.56. The van der Waals surface area contributed by atoms with Crippen LogP contribution in [0.3, 0.4) is 0 Å². The first-order chi connectivity index (χ1) is 8.79. The molecule has 1 aliphatic rings. The molecule has 0 bridgehead atoms. The van der Waals surface area contributed by atoms with Crippen molar-refractivity contribution in [3.8, 4) is 0 Å². The van der Waals surface area contributed by atoms with Gasteiger partial charge in [0.15, 0.2) is 0 Å². The van der Waals surface area contributed by atoms with Gasteiger partial charge in [0.1, 0.15) is 0 Å². The van der Waals surface area contributed by atoms with Gasteiger partial charge in [0.05, 0.1) is 0 Å². The van der Waals surface area contributed by atoms with Crippen LogP contribution in [0.15, 0.2) is 12.2 Å². The van der Waals surface area contributed by atoms with Gasteiger partial charge in [0, 0.05) is 0 Å². The molecule has 0 fully saturated rings. The monoisotopic (exact) mass is 252 g/mol. The highest BCUT2D eigenvalue weighted by Crippen LogP contribution is 2.16. The third-order valence-electron chi connectivity index (χ3n) is 3.77. The lowest BCUT2D eigenvalue weighted by Gasteiger charge is -2.18. The van der Waals surface area contributed by atoms with Gasteiger partial charge >= 0.3 is 0 Å². The van der Waals surface area contributed by atoms with Crippen LogP contribution in [0, 0.1) is 5.92 Å². The van der Waals surface area contributed by atoms with Crippen molar-refractivity contribution in [2.24, 2.45) is 5.92 Å². The first-order valence-corrected chi connectivity index (χ1v) is 7.79. The van der Waals surface area contributed by atoms with E-state index in [9.17, 15) is 0 Å². The summed E-state index contributed by atoms with van der Waals surface area (Å²) >= 11 is 0. The van der Waals surface area contributed by atoms with Crippen molar-refractivity contribution < 1.29 is 0 Å². The van der Waals surface area contributed by atoms with Crippen molar-refractivity contribution in [2.45, 2.75) is 51.4 Å². The van der Waals surface area contributed by atoms with Crippen molar-refractivity contribution in [2.75, 3.05) is 33.7 Å². The van der Waals surface area contributed by atoms with Gasteiger partial charge in [-0.2, -0.15) is 0 Å². The second-order valence-electron chi connectivity index (χ2n) is 5.93. The molecule has 0 aromatic heterocycles. The first-order valence-electron chi connectivity index (χ1n) is 7.79. The maximum atomic E-state index is 3.62. The molecule has 1 N–H and O–H groups in total. The summed E-state index contributed by atoms with van der Waals surface area (Å²) in [7, 11) is 4.31. The molecule has 0 aliphatic heterocycles. The van der Waals surface area contributed by atoms with Crippen molar-refractivity contribution >= 4 is 0 Å². The maximum Gasteiger partial charge on any atom is -0.00174 e. The minimum absolute atomic E-state index is 0.898. The summed E-state index contributed by atoms with van der Waals surface area (Å²) in [6.45, 7) is 3.69. The van der Waals surface area contributed by atoms with Crippen molar-refractivity contribution in [3.05, 3.63) is 12.2 Å². The minimum Gasteiger partial charge on any atom is -0.316 e. The molecule has 1 unspecified atom stereocenters. The molecule has 1 atom stereocenters. The number of allylic oxidation sites excluding steroid dienone is 2. The second kappa shape index (κ2) is 10.6. The van der Waals surface area contributed by atoms with E-state index in [-0.39, 0.29) is 0 Å². The van der Waals surface area contributed by atoms with Crippen LogP contribution in [0.4, 0.5) is 0 Å². The summed E-state index contributed by atoms with van der Waals surface area (Å²) in [5, 5.41) is 3.62. The van der Waals surface area contributed by atoms with E-state index in [1.807, 2.05) is 0 Å². The van der Waals surface area contributed by atoms with Crippen LogP contribution in [0.2, 0.25) is 0 Å². The Kier molecular flexibility index (Phi) is 9.23. The molecule has 0 amide bonds.